The van der Waals surface area contributed by atoms with Gasteiger partial charge >= 0.3 is 0 Å². The van der Waals surface area contributed by atoms with Crippen molar-refractivity contribution < 1.29 is 9.59 Å². The molecule has 2 rings (SSSR count). The third kappa shape index (κ3) is 2.67. The van der Waals surface area contributed by atoms with Crippen LogP contribution in [0.3, 0.4) is 0 Å². The zero-order valence-electron chi connectivity index (χ0n) is 9.95. The van der Waals surface area contributed by atoms with Crippen molar-refractivity contribution >= 4 is 28.7 Å². The van der Waals surface area contributed by atoms with Gasteiger partial charge < -0.3 is 5.32 Å². The zero-order chi connectivity index (χ0) is 13.1. The SMILES string of the molecule is CC(=O)NC1=NN(C(C)=O)[C@@H](c2cccnc2)S1. The Hall–Kier alpha value is -1.89. The molecule has 7 heteroatoms. The maximum absolute atomic E-state index is 11.5. The number of nitrogens with zero attached hydrogens (tertiary/aromatic N) is 3. The number of carbonyl (C=O) groups excluding carboxylic acids is 2. The van der Waals surface area contributed by atoms with Crippen LogP contribution in [-0.4, -0.2) is 27.0 Å². The second-order valence-corrected chi connectivity index (χ2v) is 4.78. The van der Waals surface area contributed by atoms with Crippen molar-refractivity contribution in [3.8, 4) is 0 Å². The number of aromatic nitrogens is 1. The fourth-order valence-electron chi connectivity index (χ4n) is 1.50. The summed E-state index contributed by atoms with van der Waals surface area (Å²) in [6, 6.07) is 3.66. The van der Waals surface area contributed by atoms with Gasteiger partial charge in [-0.3, -0.25) is 14.6 Å². The van der Waals surface area contributed by atoms with Gasteiger partial charge in [-0.25, -0.2) is 5.01 Å². The quantitative estimate of drug-likeness (QED) is 0.823. The summed E-state index contributed by atoms with van der Waals surface area (Å²) in [5.74, 6) is -0.395. The average Bonchev–Trinajstić information content (AvgIpc) is 2.73. The molecular formula is C11H12N4O2S. The van der Waals surface area contributed by atoms with E-state index in [0.29, 0.717) is 5.17 Å². The van der Waals surface area contributed by atoms with Crippen molar-refractivity contribution in [3.63, 3.8) is 0 Å². The Kier molecular flexibility index (Phi) is 3.61. The molecule has 0 fully saturated rings. The summed E-state index contributed by atoms with van der Waals surface area (Å²) >= 11 is 1.31. The molecule has 2 amide bonds. The standard InChI is InChI=1S/C11H12N4O2S/c1-7(16)13-11-14-15(8(2)17)10(18-11)9-4-3-5-12-6-9/h3-6,10H,1-2H3,(H,13,14,16)/t10-/m1/s1. The van der Waals surface area contributed by atoms with E-state index < -0.39 is 0 Å². The predicted molar refractivity (Wildman–Crippen MR) is 68.3 cm³/mol. The van der Waals surface area contributed by atoms with E-state index in [1.54, 1.807) is 18.5 Å². The van der Waals surface area contributed by atoms with E-state index in [1.807, 2.05) is 6.07 Å². The molecule has 0 saturated carbocycles. The molecule has 0 radical (unpaired) electrons. The summed E-state index contributed by atoms with van der Waals surface area (Å²) in [5, 5.41) is 8.16. The largest absolute Gasteiger partial charge is 0.304 e. The number of amidine groups is 1. The molecule has 0 spiro atoms. The first kappa shape index (κ1) is 12.6. The molecule has 1 N–H and O–H groups in total. The second kappa shape index (κ2) is 5.18. The summed E-state index contributed by atoms with van der Waals surface area (Å²) in [4.78, 5) is 26.6. The number of carbonyl (C=O) groups is 2. The zero-order valence-corrected chi connectivity index (χ0v) is 10.8. The predicted octanol–water partition coefficient (Wildman–Crippen LogP) is 1.08. The summed E-state index contributed by atoms with van der Waals surface area (Å²) in [6.45, 7) is 2.84. The van der Waals surface area contributed by atoms with Crippen molar-refractivity contribution in [2.75, 3.05) is 0 Å². The average molecular weight is 264 g/mol. The molecule has 0 unspecified atom stereocenters. The van der Waals surface area contributed by atoms with Gasteiger partial charge in [-0.1, -0.05) is 17.8 Å². The molecule has 6 nitrogen and oxygen atoms in total. The van der Waals surface area contributed by atoms with Crippen LogP contribution in [0.25, 0.3) is 0 Å². The van der Waals surface area contributed by atoms with Gasteiger partial charge in [0.05, 0.1) is 0 Å². The van der Waals surface area contributed by atoms with Gasteiger partial charge in [-0.2, -0.15) is 0 Å². The first-order valence-electron chi connectivity index (χ1n) is 5.30. The lowest BCUT2D eigenvalue weighted by atomic mass is 10.3. The number of pyridine rings is 1. The third-order valence-electron chi connectivity index (χ3n) is 2.22. The fraction of sp³-hybridized carbons (Fsp3) is 0.273. The molecule has 0 aromatic carbocycles. The van der Waals surface area contributed by atoms with E-state index in [9.17, 15) is 9.59 Å². The molecule has 0 aliphatic carbocycles. The Bertz CT molecular complexity index is 503. The molecule has 1 atom stereocenters. The van der Waals surface area contributed by atoms with Gasteiger partial charge in [0, 0.05) is 31.8 Å². The fourth-order valence-corrected chi connectivity index (χ4v) is 2.62. The molecule has 1 aromatic heterocycles. The van der Waals surface area contributed by atoms with Crippen LogP contribution in [0.4, 0.5) is 0 Å². The minimum Gasteiger partial charge on any atom is -0.304 e. The highest BCUT2D eigenvalue weighted by Crippen LogP contribution is 2.38. The van der Waals surface area contributed by atoms with Crippen LogP contribution >= 0.6 is 11.8 Å². The first-order valence-corrected chi connectivity index (χ1v) is 6.18. The Morgan fingerprint density at radius 3 is 2.78 bits per heavy atom. The number of hydrogen-bond donors (Lipinski definition) is 1. The van der Waals surface area contributed by atoms with Crippen LogP contribution in [0.2, 0.25) is 0 Å². The summed E-state index contributed by atoms with van der Waals surface area (Å²) < 4.78 is 0. The maximum Gasteiger partial charge on any atom is 0.241 e. The van der Waals surface area contributed by atoms with E-state index in [-0.39, 0.29) is 17.2 Å². The summed E-state index contributed by atoms with van der Waals surface area (Å²) in [7, 11) is 0. The molecular weight excluding hydrogens is 252 g/mol. The smallest absolute Gasteiger partial charge is 0.241 e. The van der Waals surface area contributed by atoms with Gasteiger partial charge in [-0.05, 0) is 6.07 Å². The van der Waals surface area contributed by atoms with Crippen LogP contribution < -0.4 is 5.32 Å². The Labute approximate surface area is 108 Å². The van der Waals surface area contributed by atoms with Crippen molar-refractivity contribution in [1.82, 2.24) is 15.3 Å². The number of thioether (sulfide) groups is 1. The second-order valence-electron chi connectivity index (χ2n) is 3.71. The van der Waals surface area contributed by atoms with Crippen molar-refractivity contribution in [2.24, 2.45) is 5.10 Å². The van der Waals surface area contributed by atoms with Gasteiger partial charge in [0.2, 0.25) is 11.8 Å². The van der Waals surface area contributed by atoms with Gasteiger partial charge in [0.1, 0.15) is 5.37 Å². The minimum absolute atomic E-state index is 0.184. The van der Waals surface area contributed by atoms with Crippen LogP contribution in [0, 0.1) is 0 Å². The van der Waals surface area contributed by atoms with Crippen LogP contribution in [0.5, 0.6) is 0 Å². The van der Waals surface area contributed by atoms with E-state index >= 15 is 0 Å². The molecule has 18 heavy (non-hydrogen) atoms. The molecule has 0 bridgehead atoms. The first-order chi connectivity index (χ1) is 8.58. The lowest BCUT2D eigenvalue weighted by molar-refractivity contribution is -0.129. The highest BCUT2D eigenvalue weighted by molar-refractivity contribution is 8.14. The van der Waals surface area contributed by atoms with Crippen molar-refractivity contribution in [2.45, 2.75) is 19.2 Å². The maximum atomic E-state index is 11.5. The lowest BCUT2D eigenvalue weighted by Crippen LogP contribution is -2.25. The van der Waals surface area contributed by atoms with E-state index in [1.165, 1.54) is 30.6 Å². The van der Waals surface area contributed by atoms with Crippen LogP contribution in [0.1, 0.15) is 24.8 Å². The normalized spacial score (nSPS) is 18.4. The molecule has 1 aromatic rings. The van der Waals surface area contributed by atoms with Crippen LogP contribution in [0.15, 0.2) is 29.6 Å². The van der Waals surface area contributed by atoms with Crippen LogP contribution in [-0.2, 0) is 9.59 Å². The topological polar surface area (TPSA) is 74.7 Å². The van der Waals surface area contributed by atoms with Gasteiger partial charge in [-0.15, -0.1) is 5.10 Å². The molecule has 0 saturated heterocycles. The van der Waals surface area contributed by atoms with E-state index in [0.717, 1.165) is 5.56 Å². The number of rotatable bonds is 1. The number of hydrazone groups is 1. The number of amides is 2. The molecule has 94 valence electrons. The van der Waals surface area contributed by atoms with E-state index in [2.05, 4.69) is 15.4 Å². The Morgan fingerprint density at radius 2 is 2.22 bits per heavy atom. The van der Waals surface area contributed by atoms with Crippen molar-refractivity contribution in [3.05, 3.63) is 30.1 Å². The summed E-state index contributed by atoms with van der Waals surface area (Å²) in [6.07, 6.45) is 3.34. The number of nitrogens with one attached hydrogen (secondary N) is 1. The molecule has 1 aliphatic rings. The summed E-state index contributed by atoms with van der Waals surface area (Å²) in [5.41, 5.74) is 0.863. The number of hydrogen-bond acceptors (Lipinski definition) is 5. The van der Waals surface area contributed by atoms with Gasteiger partial charge in [0.25, 0.3) is 0 Å². The lowest BCUT2D eigenvalue weighted by Gasteiger charge is -2.18. The Balaban J connectivity index is 2.23. The molecule has 1 aliphatic heterocycles. The third-order valence-corrected chi connectivity index (χ3v) is 3.32. The monoisotopic (exact) mass is 264 g/mol. The highest BCUT2D eigenvalue weighted by atomic mass is 32.2. The van der Waals surface area contributed by atoms with Gasteiger partial charge in [0.15, 0.2) is 5.17 Å². The van der Waals surface area contributed by atoms with Crippen molar-refractivity contribution in [1.29, 1.82) is 0 Å². The highest BCUT2D eigenvalue weighted by Gasteiger charge is 2.32. The molecule has 2 heterocycles. The minimum atomic E-state index is -0.280. The van der Waals surface area contributed by atoms with E-state index in [4.69, 9.17) is 0 Å². The Morgan fingerprint density at radius 1 is 1.44 bits per heavy atom.